The highest BCUT2D eigenvalue weighted by Crippen LogP contribution is 2.34. The second-order valence-corrected chi connectivity index (χ2v) is 7.70. The lowest BCUT2D eigenvalue weighted by Gasteiger charge is -2.19. The van der Waals surface area contributed by atoms with Gasteiger partial charge >= 0.3 is 0 Å². The fraction of sp³-hybridized carbons (Fsp3) is 0.208. The molecule has 0 radical (unpaired) electrons. The van der Waals surface area contributed by atoms with Gasteiger partial charge in [-0.05, 0) is 42.0 Å². The monoisotopic (exact) mass is 450 g/mol. The summed E-state index contributed by atoms with van der Waals surface area (Å²) in [6.07, 6.45) is 5.47. The van der Waals surface area contributed by atoms with E-state index in [0.717, 1.165) is 22.6 Å². The molecule has 164 valence electrons. The number of pyridine rings is 2. The minimum absolute atomic E-state index is 0.112. The highest BCUT2D eigenvalue weighted by Gasteiger charge is 2.23. The fourth-order valence-corrected chi connectivity index (χ4v) is 3.77. The number of hydrogen-bond acceptors (Lipinski definition) is 5. The van der Waals surface area contributed by atoms with E-state index in [1.54, 1.807) is 44.9 Å². The van der Waals surface area contributed by atoms with E-state index in [9.17, 15) is 4.79 Å². The molecule has 32 heavy (non-hydrogen) atoms. The van der Waals surface area contributed by atoms with Gasteiger partial charge in [0.25, 0.3) is 0 Å². The van der Waals surface area contributed by atoms with E-state index in [4.69, 9.17) is 21.1 Å². The van der Waals surface area contributed by atoms with Gasteiger partial charge < -0.3 is 19.2 Å². The maximum absolute atomic E-state index is 13.0. The number of nitrogens with one attached hydrogen (secondary N) is 1. The molecule has 0 aliphatic carbocycles. The Kier molecular flexibility index (Phi) is 6.56. The van der Waals surface area contributed by atoms with Gasteiger partial charge in [-0.15, -0.1) is 0 Å². The lowest BCUT2D eigenvalue weighted by Crippen LogP contribution is -2.25. The molecule has 0 aliphatic heterocycles. The standard InChI is InChI=1S/C24H23ClN4O3/c1-31-19-9-16(10-20(11-19)32-2)21(12-24(30)28-13-18-5-3-4-8-26-18)22-14-27-23-7-6-17(25)15-29(22)23/h3-11,14-15,21H,12-13H2,1-2H3,(H,28,30). The molecule has 1 atom stereocenters. The Labute approximate surface area is 191 Å². The summed E-state index contributed by atoms with van der Waals surface area (Å²) >= 11 is 6.24. The minimum Gasteiger partial charge on any atom is -0.497 e. The Balaban J connectivity index is 1.69. The molecule has 4 rings (SSSR count). The van der Waals surface area contributed by atoms with E-state index in [1.807, 2.05) is 40.8 Å². The molecule has 1 N–H and O–H groups in total. The third-order valence-corrected chi connectivity index (χ3v) is 5.44. The van der Waals surface area contributed by atoms with Crippen molar-refractivity contribution in [2.75, 3.05) is 14.2 Å². The molecule has 0 saturated heterocycles. The highest BCUT2D eigenvalue weighted by molar-refractivity contribution is 6.30. The number of halogens is 1. The van der Waals surface area contributed by atoms with Crippen molar-refractivity contribution < 1.29 is 14.3 Å². The molecule has 1 unspecified atom stereocenters. The lowest BCUT2D eigenvalue weighted by molar-refractivity contribution is -0.121. The molecule has 8 heteroatoms. The Morgan fingerprint density at radius 3 is 2.56 bits per heavy atom. The molecule has 4 aromatic rings. The van der Waals surface area contributed by atoms with Crippen LogP contribution in [-0.4, -0.2) is 34.5 Å². The Hall–Kier alpha value is -3.58. The highest BCUT2D eigenvalue weighted by atomic mass is 35.5. The smallest absolute Gasteiger partial charge is 0.221 e. The normalized spacial score (nSPS) is 11.8. The Bertz CT molecular complexity index is 1200. The first-order chi connectivity index (χ1) is 15.6. The number of imidazole rings is 1. The number of ether oxygens (including phenoxy) is 2. The van der Waals surface area contributed by atoms with Gasteiger partial charge in [0.2, 0.25) is 5.91 Å². The summed E-state index contributed by atoms with van der Waals surface area (Å²) in [5.41, 5.74) is 3.25. The molecule has 0 bridgehead atoms. The van der Waals surface area contributed by atoms with E-state index in [-0.39, 0.29) is 18.2 Å². The molecule has 3 aromatic heterocycles. The number of fused-ring (bicyclic) bond motifs is 1. The number of nitrogens with zero attached hydrogens (tertiary/aromatic N) is 3. The first-order valence-corrected chi connectivity index (χ1v) is 10.5. The van der Waals surface area contributed by atoms with Crippen molar-refractivity contribution in [2.24, 2.45) is 0 Å². The van der Waals surface area contributed by atoms with Crippen molar-refractivity contribution in [1.82, 2.24) is 19.7 Å². The van der Waals surface area contributed by atoms with Crippen LogP contribution in [0.15, 0.2) is 67.1 Å². The predicted molar refractivity (Wildman–Crippen MR) is 122 cm³/mol. The van der Waals surface area contributed by atoms with Crippen molar-refractivity contribution in [3.8, 4) is 11.5 Å². The van der Waals surface area contributed by atoms with Crippen LogP contribution in [0.4, 0.5) is 0 Å². The number of rotatable bonds is 8. The summed E-state index contributed by atoms with van der Waals surface area (Å²) in [5.74, 6) is 0.866. The molecule has 1 amide bonds. The second-order valence-electron chi connectivity index (χ2n) is 7.26. The van der Waals surface area contributed by atoms with Crippen molar-refractivity contribution >= 4 is 23.2 Å². The van der Waals surface area contributed by atoms with Gasteiger partial charge in [-0.3, -0.25) is 9.78 Å². The summed E-state index contributed by atoms with van der Waals surface area (Å²) in [7, 11) is 3.20. The first-order valence-electron chi connectivity index (χ1n) is 10.1. The zero-order valence-corrected chi connectivity index (χ0v) is 18.5. The largest absolute Gasteiger partial charge is 0.497 e. The van der Waals surface area contributed by atoms with E-state index in [2.05, 4.69) is 15.3 Å². The summed E-state index contributed by atoms with van der Waals surface area (Å²) in [6, 6.07) is 14.8. The molecule has 1 aromatic carbocycles. The first kappa shape index (κ1) is 21.6. The zero-order valence-electron chi connectivity index (χ0n) is 17.8. The summed E-state index contributed by atoms with van der Waals surface area (Å²) in [4.78, 5) is 21.7. The van der Waals surface area contributed by atoms with Gasteiger partial charge in [-0.2, -0.15) is 0 Å². The average molecular weight is 451 g/mol. The molecule has 0 fully saturated rings. The van der Waals surface area contributed by atoms with Crippen molar-refractivity contribution in [3.05, 3.63) is 89.1 Å². The number of amides is 1. The van der Waals surface area contributed by atoms with Crippen molar-refractivity contribution in [3.63, 3.8) is 0 Å². The van der Waals surface area contributed by atoms with Gasteiger partial charge in [0.05, 0.1) is 37.2 Å². The van der Waals surface area contributed by atoms with Crippen LogP contribution in [0.1, 0.15) is 29.3 Å². The van der Waals surface area contributed by atoms with Crippen LogP contribution in [0.2, 0.25) is 5.02 Å². The van der Waals surface area contributed by atoms with E-state index in [1.165, 1.54) is 0 Å². The third kappa shape index (κ3) is 4.84. The second kappa shape index (κ2) is 9.70. The van der Waals surface area contributed by atoms with Crippen molar-refractivity contribution in [2.45, 2.75) is 18.9 Å². The van der Waals surface area contributed by atoms with Gasteiger partial charge in [-0.25, -0.2) is 4.98 Å². The van der Waals surface area contributed by atoms with E-state index >= 15 is 0 Å². The maximum atomic E-state index is 13.0. The molecule has 7 nitrogen and oxygen atoms in total. The van der Waals surface area contributed by atoms with E-state index in [0.29, 0.717) is 23.1 Å². The number of benzene rings is 1. The number of carbonyl (C=O) groups excluding carboxylic acids is 1. The lowest BCUT2D eigenvalue weighted by atomic mass is 9.91. The van der Waals surface area contributed by atoms with Crippen LogP contribution in [0.25, 0.3) is 5.65 Å². The molecule has 0 aliphatic rings. The van der Waals surface area contributed by atoms with Gasteiger partial charge in [0.1, 0.15) is 17.1 Å². The van der Waals surface area contributed by atoms with Gasteiger partial charge in [-0.1, -0.05) is 17.7 Å². The molecule has 0 saturated carbocycles. The van der Waals surface area contributed by atoms with Gasteiger partial charge in [0, 0.05) is 37.0 Å². The number of carbonyl (C=O) groups is 1. The Morgan fingerprint density at radius 2 is 1.88 bits per heavy atom. The molecular weight excluding hydrogens is 428 g/mol. The molecule has 3 heterocycles. The number of aromatic nitrogens is 3. The summed E-state index contributed by atoms with van der Waals surface area (Å²) in [5, 5.41) is 3.54. The average Bonchev–Trinajstić information content (AvgIpc) is 3.24. The summed E-state index contributed by atoms with van der Waals surface area (Å²) < 4.78 is 12.8. The molecular formula is C24H23ClN4O3. The van der Waals surface area contributed by atoms with Crippen LogP contribution in [0.5, 0.6) is 11.5 Å². The molecule has 0 spiro atoms. The predicted octanol–water partition coefficient (Wildman–Crippen LogP) is 4.24. The topological polar surface area (TPSA) is 77.8 Å². The third-order valence-electron chi connectivity index (χ3n) is 5.21. The fourth-order valence-electron chi connectivity index (χ4n) is 3.60. The minimum atomic E-state index is -0.309. The number of hydrogen-bond donors (Lipinski definition) is 1. The SMILES string of the molecule is COc1cc(OC)cc(C(CC(=O)NCc2ccccn2)c2cnc3ccc(Cl)cn23)c1. The quantitative estimate of drug-likeness (QED) is 0.434. The summed E-state index contributed by atoms with van der Waals surface area (Å²) in [6.45, 7) is 0.354. The Morgan fingerprint density at radius 1 is 1.09 bits per heavy atom. The van der Waals surface area contributed by atoms with Gasteiger partial charge in [0.15, 0.2) is 0 Å². The van der Waals surface area contributed by atoms with E-state index < -0.39 is 0 Å². The van der Waals surface area contributed by atoms with Crippen LogP contribution >= 0.6 is 11.6 Å². The maximum Gasteiger partial charge on any atom is 0.221 e. The van der Waals surface area contributed by atoms with Crippen LogP contribution in [-0.2, 0) is 11.3 Å². The zero-order chi connectivity index (χ0) is 22.5. The van der Waals surface area contributed by atoms with Crippen LogP contribution in [0.3, 0.4) is 0 Å². The van der Waals surface area contributed by atoms with Crippen LogP contribution < -0.4 is 14.8 Å². The van der Waals surface area contributed by atoms with Crippen LogP contribution in [0, 0.1) is 0 Å². The van der Waals surface area contributed by atoms with Crippen molar-refractivity contribution in [1.29, 1.82) is 0 Å². The number of methoxy groups -OCH3 is 2.